The molecule has 0 N–H and O–H groups in total. The van der Waals surface area contributed by atoms with Crippen molar-refractivity contribution in [1.82, 2.24) is 20.1 Å². The van der Waals surface area contributed by atoms with Crippen molar-refractivity contribution >= 4 is 14.1 Å². The molecular weight excluding hydrogens is 567 g/mol. The second kappa shape index (κ2) is 11.7. The van der Waals surface area contributed by atoms with Gasteiger partial charge in [-0.05, 0) is 62.7 Å². The van der Waals surface area contributed by atoms with Crippen LogP contribution in [0.3, 0.4) is 0 Å². The molecule has 3 aromatic heterocycles. The van der Waals surface area contributed by atoms with E-state index in [0.717, 1.165) is 52.1 Å². The molecule has 9 heteroatoms. The van der Waals surface area contributed by atoms with E-state index in [1.165, 1.54) is 5.56 Å². The number of fused-ring (bicyclic) bond motifs is 1. The van der Waals surface area contributed by atoms with Crippen LogP contribution in [0.4, 0.5) is 5.82 Å². The maximum absolute atomic E-state index is 6.82. The van der Waals surface area contributed by atoms with Crippen LogP contribution < -0.4 is 9.64 Å². The summed E-state index contributed by atoms with van der Waals surface area (Å²) in [5.74, 6) is 2.94. The van der Waals surface area contributed by atoms with E-state index in [-0.39, 0.29) is 22.7 Å². The van der Waals surface area contributed by atoms with Crippen molar-refractivity contribution in [2.24, 2.45) is 5.41 Å². The standard InChI is InChI=1S/C35H47N5O3Si/c1-22-31(23(2)42-39-22)28-19-30(40-20-26-15-13-17-36-29(26)21-40)38-33(37-28)25-14-12-16-27(18-25)41-32(34(4,5)6)24(3)43-44(10,11)35(7,8)9/h12-19,24,32H,20-21H2,1-11H3. The molecule has 0 spiro atoms. The molecule has 1 aliphatic heterocycles. The molecule has 0 aliphatic carbocycles. The molecule has 0 saturated carbocycles. The predicted molar refractivity (Wildman–Crippen MR) is 178 cm³/mol. The Bertz CT molecular complexity index is 1590. The first-order valence-corrected chi connectivity index (χ1v) is 18.4. The summed E-state index contributed by atoms with van der Waals surface area (Å²) in [6.45, 7) is 25.4. The Hall–Kier alpha value is -3.56. The number of hydrogen-bond acceptors (Lipinski definition) is 8. The molecule has 1 aromatic carbocycles. The number of aromatic nitrogens is 4. The van der Waals surface area contributed by atoms with Crippen molar-refractivity contribution in [2.45, 2.75) is 106 Å². The minimum absolute atomic E-state index is 0.0873. The molecule has 2 atom stereocenters. The quantitative estimate of drug-likeness (QED) is 0.183. The normalized spacial score (nSPS) is 15.3. The van der Waals surface area contributed by atoms with Crippen LogP contribution in [0.2, 0.25) is 18.1 Å². The smallest absolute Gasteiger partial charge is 0.192 e. The van der Waals surface area contributed by atoms with Crippen LogP contribution in [-0.4, -0.2) is 40.6 Å². The van der Waals surface area contributed by atoms with Gasteiger partial charge >= 0.3 is 0 Å². The maximum atomic E-state index is 6.82. The van der Waals surface area contributed by atoms with Crippen LogP contribution >= 0.6 is 0 Å². The number of rotatable bonds is 8. The summed E-state index contributed by atoms with van der Waals surface area (Å²) < 4.78 is 19.1. The van der Waals surface area contributed by atoms with E-state index in [2.05, 4.69) is 82.7 Å². The maximum Gasteiger partial charge on any atom is 0.192 e. The molecule has 2 unspecified atom stereocenters. The van der Waals surface area contributed by atoms with Crippen molar-refractivity contribution in [2.75, 3.05) is 4.90 Å². The second-order valence-electron chi connectivity index (χ2n) is 14.6. The monoisotopic (exact) mass is 613 g/mol. The van der Waals surface area contributed by atoms with Crippen molar-refractivity contribution in [1.29, 1.82) is 0 Å². The van der Waals surface area contributed by atoms with Gasteiger partial charge in [0.25, 0.3) is 0 Å². The molecule has 0 bridgehead atoms. The highest BCUT2D eigenvalue weighted by molar-refractivity contribution is 6.74. The second-order valence-corrected chi connectivity index (χ2v) is 19.4. The van der Waals surface area contributed by atoms with Gasteiger partial charge in [0, 0.05) is 29.8 Å². The number of benzene rings is 1. The van der Waals surface area contributed by atoms with E-state index in [0.29, 0.717) is 12.4 Å². The number of hydrogen-bond donors (Lipinski definition) is 0. The summed E-state index contributed by atoms with van der Waals surface area (Å²) in [7, 11) is -2.00. The van der Waals surface area contributed by atoms with Crippen LogP contribution in [0.5, 0.6) is 5.75 Å². The summed E-state index contributed by atoms with van der Waals surface area (Å²) in [4.78, 5) is 16.9. The first kappa shape index (κ1) is 31.8. The lowest BCUT2D eigenvalue weighted by molar-refractivity contribution is -0.0110. The summed E-state index contributed by atoms with van der Waals surface area (Å²) in [6, 6.07) is 14.2. The largest absolute Gasteiger partial charge is 0.487 e. The van der Waals surface area contributed by atoms with Gasteiger partial charge in [-0.3, -0.25) is 4.98 Å². The highest BCUT2D eigenvalue weighted by atomic mass is 28.4. The molecule has 5 rings (SSSR count). The SMILES string of the molecule is Cc1noc(C)c1-c1cc(N2Cc3cccnc3C2)nc(-c2cccc(OC(C(C)O[Si](C)(C)C(C)(C)C)C(C)(C)C)c2)n1. The Labute approximate surface area is 263 Å². The number of anilines is 1. The van der Waals surface area contributed by atoms with E-state index >= 15 is 0 Å². The van der Waals surface area contributed by atoms with Crippen LogP contribution in [0.25, 0.3) is 22.6 Å². The Morgan fingerprint density at radius 3 is 2.34 bits per heavy atom. The summed E-state index contributed by atoms with van der Waals surface area (Å²) in [5.41, 5.74) is 5.47. The Morgan fingerprint density at radius 2 is 1.70 bits per heavy atom. The highest BCUT2D eigenvalue weighted by Gasteiger charge is 2.42. The predicted octanol–water partition coefficient (Wildman–Crippen LogP) is 8.53. The van der Waals surface area contributed by atoms with Gasteiger partial charge in [-0.15, -0.1) is 0 Å². The van der Waals surface area contributed by atoms with Crippen LogP contribution in [0.1, 0.15) is 71.2 Å². The highest BCUT2D eigenvalue weighted by Crippen LogP contribution is 2.40. The van der Waals surface area contributed by atoms with E-state index in [9.17, 15) is 0 Å². The Morgan fingerprint density at radius 1 is 0.955 bits per heavy atom. The van der Waals surface area contributed by atoms with E-state index in [1.807, 2.05) is 56.4 Å². The molecule has 0 saturated heterocycles. The topological polar surface area (TPSA) is 86.4 Å². The van der Waals surface area contributed by atoms with E-state index < -0.39 is 8.32 Å². The Kier molecular flexibility index (Phi) is 8.50. The van der Waals surface area contributed by atoms with Crippen LogP contribution in [0, 0.1) is 19.3 Å². The van der Waals surface area contributed by atoms with Crippen molar-refractivity contribution in [3.05, 3.63) is 71.4 Å². The number of pyridine rings is 1. The third-order valence-corrected chi connectivity index (χ3v) is 13.5. The van der Waals surface area contributed by atoms with Gasteiger partial charge in [-0.1, -0.05) is 64.9 Å². The average molecular weight is 614 g/mol. The van der Waals surface area contributed by atoms with Gasteiger partial charge in [0.2, 0.25) is 0 Å². The fraction of sp³-hybridized carbons (Fsp3) is 0.486. The molecule has 0 radical (unpaired) electrons. The van der Waals surface area contributed by atoms with Gasteiger partial charge in [-0.25, -0.2) is 9.97 Å². The average Bonchev–Trinajstić information content (AvgIpc) is 3.52. The van der Waals surface area contributed by atoms with E-state index in [4.69, 9.17) is 23.7 Å². The third kappa shape index (κ3) is 6.59. The van der Waals surface area contributed by atoms with Gasteiger partial charge in [0.1, 0.15) is 23.4 Å². The van der Waals surface area contributed by atoms with Gasteiger partial charge in [0.15, 0.2) is 14.1 Å². The minimum Gasteiger partial charge on any atom is -0.487 e. The van der Waals surface area contributed by atoms with Crippen LogP contribution in [0.15, 0.2) is 53.2 Å². The van der Waals surface area contributed by atoms with Crippen molar-refractivity contribution in [3.8, 4) is 28.4 Å². The number of nitrogens with zero attached hydrogens (tertiary/aromatic N) is 5. The molecule has 1 aliphatic rings. The lowest BCUT2D eigenvalue weighted by Crippen LogP contribution is -2.50. The molecule has 0 amide bonds. The zero-order valence-electron chi connectivity index (χ0n) is 28.1. The molecule has 44 heavy (non-hydrogen) atoms. The lowest BCUT2D eigenvalue weighted by atomic mass is 9.86. The molecule has 234 valence electrons. The van der Waals surface area contributed by atoms with Gasteiger partial charge < -0.3 is 18.6 Å². The molecule has 8 nitrogen and oxygen atoms in total. The fourth-order valence-electron chi connectivity index (χ4n) is 5.60. The summed E-state index contributed by atoms with van der Waals surface area (Å²) >= 11 is 0. The first-order chi connectivity index (χ1) is 20.5. The molecule has 0 fully saturated rings. The zero-order valence-corrected chi connectivity index (χ0v) is 29.1. The number of ether oxygens (including phenoxy) is 1. The fourth-order valence-corrected chi connectivity index (χ4v) is 7.01. The zero-order chi connectivity index (χ0) is 32.0. The molecule has 4 heterocycles. The molecular formula is C35H47N5O3Si. The van der Waals surface area contributed by atoms with Gasteiger partial charge in [-0.2, -0.15) is 0 Å². The van der Waals surface area contributed by atoms with Crippen molar-refractivity contribution in [3.63, 3.8) is 0 Å². The number of aryl methyl sites for hydroxylation is 2. The van der Waals surface area contributed by atoms with Crippen molar-refractivity contribution < 1.29 is 13.7 Å². The van der Waals surface area contributed by atoms with E-state index in [1.54, 1.807) is 0 Å². The summed E-state index contributed by atoms with van der Waals surface area (Å²) in [5, 5.41) is 4.30. The molecule has 4 aromatic rings. The van der Waals surface area contributed by atoms with Crippen LogP contribution in [-0.2, 0) is 17.5 Å². The Balaban J connectivity index is 1.51. The van der Waals surface area contributed by atoms with Gasteiger partial charge in [0.05, 0.1) is 35.3 Å². The third-order valence-electron chi connectivity index (χ3n) is 8.93. The first-order valence-electron chi connectivity index (χ1n) is 15.5. The summed E-state index contributed by atoms with van der Waals surface area (Å²) in [6.07, 6.45) is 1.60. The minimum atomic E-state index is -2.00. The lowest BCUT2D eigenvalue weighted by Gasteiger charge is -2.43.